The Morgan fingerprint density at radius 3 is 2.73 bits per heavy atom. The third-order valence-corrected chi connectivity index (χ3v) is 5.12. The second-order valence-electron chi connectivity index (χ2n) is 6.88. The number of nitrogens with zero attached hydrogens (tertiary/aromatic N) is 3. The van der Waals surface area contributed by atoms with E-state index in [2.05, 4.69) is 10.3 Å². The Kier molecular flexibility index (Phi) is 5.40. The van der Waals surface area contributed by atoms with Crippen LogP contribution in [-0.4, -0.2) is 32.8 Å². The SMILES string of the molecule is CC(=O)N1CCCC[C@@H]1c1ccc(C(=O)N[C@@H](C)c2ccccn2)n1C. The summed E-state index contributed by atoms with van der Waals surface area (Å²) in [6.07, 6.45) is 4.79. The number of aromatic nitrogens is 2. The van der Waals surface area contributed by atoms with Crippen LogP contribution in [0.2, 0.25) is 0 Å². The average molecular weight is 354 g/mol. The fraction of sp³-hybridized carbons (Fsp3) is 0.450. The van der Waals surface area contributed by atoms with Crippen LogP contribution < -0.4 is 5.32 Å². The van der Waals surface area contributed by atoms with Gasteiger partial charge in [-0.05, 0) is 50.5 Å². The highest BCUT2D eigenvalue weighted by Gasteiger charge is 2.29. The van der Waals surface area contributed by atoms with Crippen LogP contribution in [0.4, 0.5) is 0 Å². The predicted molar refractivity (Wildman–Crippen MR) is 99.5 cm³/mol. The average Bonchev–Trinajstić information content (AvgIpc) is 3.03. The third kappa shape index (κ3) is 3.64. The zero-order valence-corrected chi connectivity index (χ0v) is 15.6. The molecule has 26 heavy (non-hydrogen) atoms. The van der Waals surface area contributed by atoms with Crippen LogP contribution in [0.5, 0.6) is 0 Å². The minimum atomic E-state index is -0.176. The van der Waals surface area contributed by atoms with Gasteiger partial charge in [0.2, 0.25) is 5.91 Å². The van der Waals surface area contributed by atoms with Crippen molar-refractivity contribution in [3.8, 4) is 0 Å². The van der Waals surface area contributed by atoms with E-state index in [0.717, 1.165) is 37.2 Å². The minimum Gasteiger partial charge on any atom is -0.343 e. The van der Waals surface area contributed by atoms with E-state index in [4.69, 9.17) is 0 Å². The number of hydrogen-bond acceptors (Lipinski definition) is 3. The largest absolute Gasteiger partial charge is 0.343 e. The highest BCUT2D eigenvalue weighted by atomic mass is 16.2. The molecule has 3 heterocycles. The van der Waals surface area contributed by atoms with E-state index in [1.54, 1.807) is 13.1 Å². The lowest BCUT2D eigenvalue weighted by Gasteiger charge is -2.35. The van der Waals surface area contributed by atoms with E-state index in [1.807, 2.05) is 53.8 Å². The van der Waals surface area contributed by atoms with E-state index in [9.17, 15) is 9.59 Å². The van der Waals surface area contributed by atoms with Gasteiger partial charge < -0.3 is 14.8 Å². The Balaban J connectivity index is 1.78. The molecule has 6 heteroatoms. The Morgan fingerprint density at radius 1 is 1.23 bits per heavy atom. The number of piperidine rings is 1. The van der Waals surface area contributed by atoms with Crippen LogP contribution in [0.15, 0.2) is 36.5 Å². The van der Waals surface area contributed by atoms with Crippen LogP contribution in [0, 0.1) is 0 Å². The van der Waals surface area contributed by atoms with Gasteiger partial charge in [0.25, 0.3) is 5.91 Å². The van der Waals surface area contributed by atoms with E-state index >= 15 is 0 Å². The summed E-state index contributed by atoms with van der Waals surface area (Å²) >= 11 is 0. The molecule has 2 atom stereocenters. The quantitative estimate of drug-likeness (QED) is 0.918. The molecule has 1 fully saturated rings. The highest BCUT2D eigenvalue weighted by molar-refractivity contribution is 5.93. The molecular weight excluding hydrogens is 328 g/mol. The minimum absolute atomic E-state index is 0.0426. The normalized spacial score (nSPS) is 18.4. The summed E-state index contributed by atoms with van der Waals surface area (Å²) in [5.41, 5.74) is 2.43. The van der Waals surface area contributed by atoms with Crippen molar-refractivity contribution in [1.82, 2.24) is 19.8 Å². The molecule has 0 spiro atoms. The molecule has 1 aliphatic rings. The van der Waals surface area contributed by atoms with Gasteiger partial charge in [0.05, 0.1) is 17.8 Å². The summed E-state index contributed by atoms with van der Waals surface area (Å²) in [6.45, 7) is 4.32. The van der Waals surface area contributed by atoms with Crippen molar-refractivity contribution in [1.29, 1.82) is 0 Å². The molecule has 1 saturated heterocycles. The molecule has 1 aliphatic heterocycles. The molecule has 0 unspecified atom stereocenters. The number of carbonyl (C=O) groups is 2. The Morgan fingerprint density at radius 2 is 2.04 bits per heavy atom. The van der Waals surface area contributed by atoms with Gasteiger partial charge in [0.1, 0.15) is 5.69 Å². The molecule has 0 aliphatic carbocycles. The number of nitrogens with one attached hydrogen (secondary N) is 1. The van der Waals surface area contributed by atoms with Gasteiger partial charge in [-0.2, -0.15) is 0 Å². The van der Waals surface area contributed by atoms with Crippen molar-refractivity contribution < 1.29 is 9.59 Å². The van der Waals surface area contributed by atoms with Gasteiger partial charge in [-0.15, -0.1) is 0 Å². The fourth-order valence-corrected chi connectivity index (χ4v) is 3.68. The van der Waals surface area contributed by atoms with Crippen molar-refractivity contribution >= 4 is 11.8 Å². The second kappa shape index (κ2) is 7.72. The van der Waals surface area contributed by atoms with E-state index in [-0.39, 0.29) is 23.9 Å². The summed E-state index contributed by atoms with van der Waals surface area (Å²) in [5.74, 6) is -0.0484. The number of carbonyl (C=O) groups excluding carboxylic acids is 2. The molecule has 1 N–H and O–H groups in total. The van der Waals surface area contributed by atoms with Gasteiger partial charge >= 0.3 is 0 Å². The number of rotatable bonds is 4. The second-order valence-corrected chi connectivity index (χ2v) is 6.88. The van der Waals surface area contributed by atoms with Crippen LogP contribution in [0.25, 0.3) is 0 Å². The molecule has 6 nitrogen and oxygen atoms in total. The van der Waals surface area contributed by atoms with Crippen molar-refractivity contribution in [2.75, 3.05) is 6.54 Å². The lowest BCUT2D eigenvalue weighted by atomic mass is 9.99. The molecule has 2 aromatic rings. The fourth-order valence-electron chi connectivity index (χ4n) is 3.68. The summed E-state index contributed by atoms with van der Waals surface area (Å²) in [4.78, 5) is 30.9. The van der Waals surface area contributed by atoms with Crippen molar-refractivity contribution in [3.05, 3.63) is 53.6 Å². The van der Waals surface area contributed by atoms with E-state index in [0.29, 0.717) is 5.69 Å². The monoisotopic (exact) mass is 354 g/mol. The Labute approximate surface area is 154 Å². The predicted octanol–water partition coefficient (Wildman–Crippen LogP) is 2.98. The van der Waals surface area contributed by atoms with Crippen LogP contribution in [-0.2, 0) is 11.8 Å². The molecule has 138 valence electrons. The highest BCUT2D eigenvalue weighted by Crippen LogP contribution is 2.31. The molecule has 0 bridgehead atoms. The third-order valence-electron chi connectivity index (χ3n) is 5.12. The molecule has 0 saturated carbocycles. The first-order chi connectivity index (χ1) is 12.5. The summed E-state index contributed by atoms with van der Waals surface area (Å²) in [7, 11) is 1.89. The van der Waals surface area contributed by atoms with Crippen LogP contribution in [0.1, 0.15) is 67.1 Å². The molecule has 0 aromatic carbocycles. The number of pyridine rings is 1. The Bertz CT molecular complexity index is 784. The summed E-state index contributed by atoms with van der Waals surface area (Å²) in [6, 6.07) is 9.33. The lowest BCUT2D eigenvalue weighted by molar-refractivity contribution is -0.132. The number of hydrogen-bond donors (Lipinski definition) is 1. The van der Waals surface area contributed by atoms with Gasteiger partial charge in [-0.1, -0.05) is 6.07 Å². The zero-order valence-electron chi connectivity index (χ0n) is 15.6. The van der Waals surface area contributed by atoms with Crippen molar-refractivity contribution in [2.45, 2.75) is 45.2 Å². The van der Waals surface area contributed by atoms with Crippen LogP contribution in [0.3, 0.4) is 0 Å². The standard InChI is InChI=1S/C20H26N4O2/c1-14(16-8-4-6-12-21-16)22-20(26)19-11-10-17(23(19)3)18-9-5-7-13-24(18)15(2)25/h4,6,8,10-12,14,18H,5,7,9,13H2,1-3H3,(H,22,26)/t14-,18+/m0/s1. The van der Waals surface area contributed by atoms with Crippen molar-refractivity contribution in [3.63, 3.8) is 0 Å². The maximum absolute atomic E-state index is 12.7. The molecule has 3 rings (SSSR count). The summed E-state index contributed by atoms with van der Waals surface area (Å²) < 4.78 is 1.91. The smallest absolute Gasteiger partial charge is 0.268 e. The number of likely N-dealkylation sites (tertiary alicyclic amines) is 1. The lowest BCUT2D eigenvalue weighted by Crippen LogP contribution is -2.38. The number of amides is 2. The zero-order chi connectivity index (χ0) is 18.7. The molecule has 2 amide bonds. The molecule has 0 radical (unpaired) electrons. The Hall–Kier alpha value is -2.63. The van der Waals surface area contributed by atoms with Gasteiger partial charge in [0, 0.05) is 32.4 Å². The first kappa shape index (κ1) is 18.2. The van der Waals surface area contributed by atoms with E-state index < -0.39 is 0 Å². The van der Waals surface area contributed by atoms with Gasteiger partial charge in [0.15, 0.2) is 0 Å². The molecule has 2 aromatic heterocycles. The summed E-state index contributed by atoms with van der Waals surface area (Å²) in [5, 5.41) is 3.00. The van der Waals surface area contributed by atoms with Crippen molar-refractivity contribution in [2.24, 2.45) is 7.05 Å². The first-order valence-electron chi connectivity index (χ1n) is 9.13. The van der Waals surface area contributed by atoms with E-state index in [1.165, 1.54) is 0 Å². The van der Waals surface area contributed by atoms with Gasteiger partial charge in [-0.3, -0.25) is 14.6 Å². The van der Waals surface area contributed by atoms with Gasteiger partial charge in [-0.25, -0.2) is 0 Å². The first-order valence-corrected chi connectivity index (χ1v) is 9.13. The maximum Gasteiger partial charge on any atom is 0.268 e. The molecular formula is C20H26N4O2. The topological polar surface area (TPSA) is 67.2 Å². The van der Waals surface area contributed by atoms with Crippen LogP contribution >= 0.6 is 0 Å². The maximum atomic E-state index is 12.7.